The van der Waals surface area contributed by atoms with Gasteiger partial charge in [-0.2, -0.15) is 13.2 Å². The van der Waals surface area contributed by atoms with Gasteiger partial charge in [0.2, 0.25) is 5.82 Å². The Balaban J connectivity index is 1.57. The van der Waals surface area contributed by atoms with E-state index in [1.807, 2.05) is 0 Å². The molecule has 3 heterocycles. The molecule has 0 atom stereocenters. The van der Waals surface area contributed by atoms with Gasteiger partial charge in [-0.1, -0.05) is 12.1 Å². The molecule has 29 heavy (non-hydrogen) atoms. The summed E-state index contributed by atoms with van der Waals surface area (Å²) in [6.07, 6.45) is -4.09. The van der Waals surface area contributed by atoms with Gasteiger partial charge < -0.3 is 4.90 Å². The highest BCUT2D eigenvalue weighted by molar-refractivity contribution is 5.94. The molecule has 3 aromatic rings. The Morgan fingerprint density at radius 3 is 2.17 bits per heavy atom. The van der Waals surface area contributed by atoms with Crippen LogP contribution in [-0.4, -0.2) is 44.4 Å². The summed E-state index contributed by atoms with van der Waals surface area (Å²) < 4.78 is 66.5. The summed E-state index contributed by atoms with van der Waals surface area (Å²) >= 11 is 0. The van der Waals surface area contributed by atoms with Crippen molar-refractivity contribution in [2.24, 2.45) is 0 Å². The number of halogens is 5. The smallest absolute Gasteiger partial charge is 0.338 e. The van der Waals surface area contributed by atoms with Crippen molar-refractivity contribution in [2.75, 3.05) is 13.1 Å². The molecule has 1 aliphatic heterocycles. The third kappa shape index (κ3) is 3.79. The molecule has 1 amide bonds. The van der Waals surface area contributed by atoms with E-state index in [-0.39, 0.29) is 37.5 Å². The Hall–Kier alpha value is -3.04. The number of carbonyl (C=O) groups is 1. The molecule has 0 saturated carbocycles. The summed E-state index contributed by atoms with van der Waals surface area (Å²) in [5, 5.41) is 6.69. The minimum absolute atomic E-state index is 0.0158. The van der Waals surface area contributed by atoms with E-state index in [0.29, 0.717) is 16.7 Å². The van der Waals surface area contributed by atoms with Gasteiger partial charge in [-0.15, -0.1) is 10.2 Å². The second-order valence-corrected chi connectivity index (χ2v) is 6.89. The van der Waals surface area contributed by atoms with Crippen molar-refractivity contribution in [1.82, 2.24) is 19.5 Å². The van der Waals surface area contributed by atoms with Crippen LogP contribution in [0, 0.1) is 0 Å². The lowest BCUT2D eigenvalue weighted by Crippen LogP contribution is -2.42. The van der Waals surface area contributed by atoms with Gasteiger partial charge in [0.15, 0.2) is 5.65 Å². The van der Waals surface area contributed by atoms with E-state index >= 15 is 0 Å². The van der Waals surface area contributed by atoms with Gasteiger partial charge in [0.05, 0.1) is 0 Å². The maximum atomic E-state index is 13.3. The van der Waals surface area contributed by atoms with Gasteiger partial charge in [-0.25, -0.2) is 8.78 Å². The van der Waals surface area contributed by atoms with Crippen LogP contribution in [0.15, 0.2) is 42.6 Å². The summed E-state index contributed by atoms with van der Waals surface area (Å²) in [7, 11) is 0. The number of piperidine rings is 1. The molecule has 0 bridgehead atoms. The minimum Gasteiger partial charge on any atom is -0.338 e. The molecule has 0 unspecified atom stereocenters. The Kier molecular flexibility index (Phi) is 4.51. The SMILES string of the molecule is O=C(c1ccc(-c2ccc3nnc(C(F)(F)F)n3c2)cc1)N1CCC(F)(F)CC1. The fourth-order valence-electron chi connectivity index (χ4n) is 3.28. The van der Waals surface area contributed by atoms with Crippen LogP contribution in [0.2, 0.25) is 0 Å². The maximum Gasteiger partial charge on any atom is 0.452 e. The molecule has 0 N–H and O–H groups in total. The van der Waals surface area contributed by atoms with Gasteiger partial charge in [0, 0.05) is 37.7 Å². The fourth-order valence-corrected chi connectivity index (χ4v) is 3.28. The van der Waals surface area contributed by atoms with Crippen molar-refractivity contribution in [3.8, 4) is 11.1 Å². The standard InChI is InChI=1S/C19H15F5N4O/c20-18(21)7-9-27(10-8-18)16(29)13-3-1-12(2-4-13)14-5-6-15-25-26-17(19(22,23)24)28(15)11-14/h1-6,11H,7-10H2. The molecular formula is C19H15F5N4O. The van der Waals surface area contributed by atoms with E-state index in [0.717, 1.165) is 4.40 Å². The van der Waals surface area contributed by atoms with Crippen LogP contribution in [0.1, 0.15) is 29.0 Å². The van der Waals surface area contributed by atoms with E-state index < -0.39 is 17.9 Å². The van der Waals surface area contributed by atoms with Crippen LogP contribution in [-0.2, 0) is 6.18 Å². The normalized spacial score (nSPS) is 16.9. The molecule has 152 valence electrons. The van der Waals surface area contributed by atoms with E-state index in [1.54, 1.807) is 18.2 Å². The maximum absolute atomic E-state index is 13.3. The summed E-state index contributed by atoms with van der Waals surface area (Å²) in [5.41, 5.74) is 1.48. The predicted molar refractivity (Wildman–Crippen MR) is 93.5 cm³/mol. The number of aromatic nitrogens is 3. The van der Waals surface area contributed by atoms with Crippen LogP contribution in [0.25, 0.3) is 16.8 Å². The van der Waals surface area contributed by atoms with E-state index in [4.69, 9.17) is 0 Å². The highest BCUT2D eigenvalue weighted by Gasteiger charge is 2.37. The molecular weight excluding hydrogens is 395 g/mol. The monoisotopic (exact) mass is 410 g/mol. The number of amides is 1. The van der Waals surface area contributed by atoms with Gasteiger partial charge in [0.25, 0.3) is 11.8 Å². The van der Waals surface area contributed by atoms with Gasteiger partial charge in [0.1, 0.15) is 0 Å². The van der Waals surface area contributed by atoms with Crippen LogP contribution < -0.4 is 0 Å². The van der Waals surface area contributed by atoms with Crippen molar-refractivity contribution in [3.05, 3.63) is 54.0 Å². The Morgan fingerprint density at radius 1 is 0.931 bits per heavy atom. The summed E-state index contributed by atoms with van der Waals surface area (Å²) in [4.78, 5) is 13.9. The second-order valence-electron chi connectivity index (χ2n) is 6.89. The first-order chi connectivity index (χ1) is 13.6. The second kappa shape index (κ2) is 6.78. The van der Waals surface area contributed by atoms with Crippen molar-refractivity contribution in [2.45, 2.75) is 24.9 Å². The summed E-state index contributed by atoms with van der Waals surface area (Å²) in [6.45, 7) is -0.0315. The van der Waals surface area contributed by atoms with Crippen LogP contribution in [0.3, 0.4) is 0 Å². The number of hydrogen-bond donors (Lipinski definition) is 0. The number of hydrogen-bond acceptors (Lipinski definition) is 3. The summed E-state index contributed by atoms with van der Waals surface area (Å²) in [5.74, 6) is -4.21. The third-order valence-electron chi connectivity index (χ3n) is 4.90. The molecule has 2 aromatic heterocycles. The Labute approximate surface area is 161 Å². The van der Waals surface area contributed by atoms with Gasteiger partial charge in [-0.05, 0) is 35.4 Å². The lowest BCUT2D eigenvalue weighted by molar-refractivity contribution is -0.145. The van der Waals surface area contributed by atoms with E-state index in [9.17, 15) is 26.7 Å². The number of nitrogens with zero attached hydrogens (tertiary/aromatic N) is 4. The molecule has 0 radical (unpaired) electrons. The van der Waals surface area contributed by atoms with Gasteiger partial charge in [-0.3, -0.25) is 9.20 Å². The average molecular weight is 410 g/mol. The molecule has 10 heteroatoms. The van der Waals surface area contributed by atoms with E-state index in [1.165, 1.54) is 29.3 Å². The summed E-state index contributed by atoms with van der Waals surface area (Å²) in [6, 6.07) is 9.30. The molecule has 1 aliphatic rings. The quantitative estimate of drug-likeness (QED) is 0.593. The molecule has 5 nitrogen and oxygen atoms in total. The highest BCUT2D eigenvalue weighted by atomic mass is 19.4. The van der Waals surface area contributed by atoms with E-state index in [2.05, 4.69) is 10.2 Å². The number of likely N-dealkylation sites (tertiary alicyclic amines) is 1. The third-order valence-corrected chi connectivity index (χ3v) is 4.90. The zero-order chi connectivity index (χ0) is 20.8. The molecule has 1 fully saturated rings. The first-order valence-corrected chi connectivity index (χ1v) is 8.84. The molecule has 0 aliphatic carbocycles. The van der Waals surface area contributed by atoms with Crippen molar-refractivity contribution in [1.29, 1.82) is 0 Å². The first-order valence-electron chi connectivity index (χ1n) is 8.84. The van der Waals surface area contributed by atoms with Crippen molar-refractivity contribution >= 4 is 11.6 Å². The predicted octanol–water partition coefficient (Wildman–Crippen LogP) is 4.29. The molecule has 1 saturated heterocycles. The van der Waals surface area contributed by atoms with Crippen molar-refractivity contribution in [3.63, 3.8) is 0 Å². The van der Waals surface area contributed by atoms with Crippen LogP contribution >= 0.6 is 0 Å². The Bertz CT molecular complexity index is 1050. The number of alkyl halides is 5. The lowest BCUT2D eigenvalue weighted by atomic mass is 10.0. The zero-order valence-electron chi connectivity index (χ0n) is 15.0. The lowest BCUT2D eigenvalue weighted by Gasteiger charge is -2.31. The Morgan fingerprint density at radius 2 is 1.55 bits per heavy atom. The highest BCUT2D eigenvalue weighted by Crippen LogP contribution is 2.30. The zero-order valence-corrected chi connectivity index (χ0v) is 15.0. The fraction of sp³-hybridized carbons (Fsp3) is 0.316. The van der Waals surface area contributed by atoms with Crippen molar-refractivity contribution < 1.29 is 26.7 Å². The number of pyridine rings is 1. The van der Waals surface area contributed by atoms with Crippen LogP contribution in [0.5, 0.6) is 0 Å². The number of rotatable bonds is 2. The number of carbonyl (C=O) groups excluding carboxylic acids is 1. The topological polar surface area (TPSA) is 50.5 Å². The number of benzene rings is 1. The number of fused-ring (bicyclic) bond motifs is 1. The average Bonchev–Trinajstić information content (AvgIpc) is 3.11. The molecule has 4 rings (SSSR count). The first kappa shape index (κ1) is 19.3. The van der Waals surface area contributed by atoms with Gasteiger partial charge >= 0.3 is 6.18 Å². The molecule has 0 spiro atoms. The molecule has 1 aromatic carbocycles. The minimum atomic E-state index is -4.64. The largest absolute Gasteiger partial charge is 0.452 e. The van der Waals surface area contributed by atoms with Crippen LogP contribution in [0.4, 0.5) is 22.0 Å².